The SMILES string of the molecule is CN=CC(C)(C)C1C=C(C)C(C(=O)O)=C(F)C1. The molecule has 0 fully saturated rings. The molecule has 0 amide bonds. The van der Waals surface area contributed by atoms with Crippen LogP contribution in [0.3, 0.4) is 0 Å². The summed E-state index contributed by atoms with van der Waals surface area (Å²) in [6.07, 6.45) is 3.73. The Kier molecular flexibility index (Phi) is 3.86. The Bertz CT molecular complexity index is 419. The normalized spacial score (nSPS) is 21.9. The van der Waals surface area contributed by atoms with Gasteiger partial charge in [-0.3, -0.25) is 0 Å². The molecule has 1 unspecified atom stereocenters. The summed E-state index contributed by atoms with van der Waals surface area (Å²) in [6, 6.07) is 0. The van der Waals surface area contributed by atoms with E-state index < -0.39 is 11.8 Å². The van der Waals surface area contributed by atoms with E-state index in [1.807, 2.05) is 19.9 Å². The van der Waals surface area contributed by atoms with Crippen molar-refractivity contribution in [2.24, 2.45) is 16.3 Å². The maximum Gasteiger partial charge on any atom is 0.338 e. The first-order valence-corrected chi connectivity index (χ1v) is 5.53. The molecule has 17 heavy (non-hydrogen) atoms. The van der Waals surface area contributed by atoms with Crippen LogP contribution in [0, 0.1) is 11.3 Å². The maximum atomic E-state index is 13.8. The first-order valence-electron chi connectivity index (χ1n) is 5.53. The molecule has 94 valence electrons. The molecule has 4 heteroatoms. The molecule has 0 aromatic heterocycles. The van der Waals surface area contributed by atoms with Crippen LogP contribution in [0.2, 0.25) is 0 Å². The fourth-order valence-electron chi connectivity index (χ4n) is 2.14. The zero-order chi connectivity index (χ0) is 13.2. The van der Waals surface area contributed by atoms with E-state index in [4.69, 9.17) is 5.11 Å². The highest BCUT2D eigenvalue weighted by atomic mass is 19.1. The standard InChI is InChI=1S/C13H18FNO2/c1-8-5-9(13(2,3)7-15-4)6-10(14)11(8)12(16)17/h5,7,9H,6H2,1-4H3,(H,16,17). The first-order chi connectivity index (χ1) is 7.79. The summed E-state index contributed by atoms with van der Waals surface area (Å²) in [4.78, 5) is 14.9. The van der Waals surface area contributed by atoms with E-state index in [1.165, 1.54) is 0 Å². The van der Waals surface area contributed by atoms with Gasteiger partial charge in [-0.15, -0.1) is 0 Å². The lowest BCUT2D eigenvalue weighted by molar-refractivity contribution is -0.132. The third-order valence-electron chi connectivity index (χ3n) is 3.15. The second kappa shape index (κ2) is 4.82. The minimum absolute atomic E-state index is 0.0608. The number of aliphatic imine (C=N–C) groups is 1. The maximum absolute atomic E-state index is 13.8. The molecule has 1 rings (SSSR count). The van der Waals surface area contributed by atoms with Gasteiger partial charge in [0.25, 0.3) is 0 Å². The molecular formula is C13H18FNO2. The first kappa shape index (κ1) is 13.6. The fraction of sp³-hybridized carbons (Fsp3) is 0.538. The molecule has 0 radical (unpaired) electrons. The third kappa shape index (κ3) is 2.81. The van der Waals surface area contributed by atoms with Gasteiger partial charge in [0.1, 0.15) is 5.83 Å². The number of nitrogens with zero attached hydrogens (tertiary/aromatic N) is 1. The second-order valence-electron chi connectivity index (χ2n) is 4.95. The van der Waals surface area contributed by atoms with Gasteiger partial charge < -0.3 is 10.1 Å². The van der Waals surface area contributed by atoms with E-state index in [0.717, 1.165) is 0 Å². The van der Waals surface area contributed by atoms with Crippen molar-refractivity contribution in [1.82, 2.24) is 0 Å². The average Bonchev–Trinajstić information content (AvgIpc) is 2.15. The Morgan fingerprint density at radius 1 is 1.65 bits per heavy atom. The Morgan fingerprint density at radius 2 is 2.24 bits per heavy atom. The predicted molar refractivity (Wildman–Crippen MR) is 65.8 cm³/mol. The van der Waals surface area contributed by atoms with Crippen molar-refractivity contribution < 1.29 is 14.3 Å². The monoisotopic (exact) mass is 239 g/mol. The van der Waals surface area contributed by atoms with Crippen molar-refractivity contribution in [3.8, 4) is 0 Å². The smallest absolute Gasteiger partial charge is 0.338 e. The Balaban J connectivity index is 3.07. The largest absolute Gasteiger partial charge is 0.478 e. The van der Waals surface area contributed by atoms with Crippen LogP contribution in [0.15, 0.2) is 28.0 Å². The quantitative estimate of drug-likeness (QED) is 0.770. The van der Waals surface area contributed by atoms with Crippen LogP contribution >= 0.6 is 0 Å². The number of carbonyl (C=O) groups is 1. The van der Waals surface area contributed by atoms with E-state index in [2.05, 4.69) is 4.99 Å². The van der Waals surface area contributed by atoms with E-state index in [0.29, 0.717) is 5.57 Å². The second-order valence-corrected chi connectivity index (χ2v) is 4.95. The number of allylic oxidation sites excluding steroid dienone is 2. The molecular weight excluding hydrogens is 221 g/mol. The minimum atomic E-state index is -1.20. The van der Waals surface area contributed by atoms with Gasteiger partial charge in [-0.1, -0.05) is 19.9 Å². The number of halogens is 1. The minimum Gasteiger partial charge on any atom is -0.478 e. The summed E-state index contributed by atoms with van der Waals surface area (Å²) in [6.45, 7) is 5.56. The van der Waals surface area contributed by atoms with Crippen LogP contribution in [0.25, 0.3) is 0 Å². The highest BCUT2D eigenvalue weighted by Crippen LogP contribution is 2.38. The zero-order valence-electron chi connectivity index (χ0n) is 10.6. The fourth-order valence-corrected chi connectivity index (χ4v) is 2.14. The van der Waals surface area contributed by atoms with Gasteiger partial charge in [0.2, 0.25) is 0 Å². The van der Waals surface area contributed by atoms with Crippen molar-refractivity contribution in [1.29, 1.82) is 0 Å². The van der Waals surface area contributed by atoms with Crippen LogP contribution in [0.5, 0.6) is 0 Å². The van der Waals surface area contributed by atoms with Crippen LogP contribution in [-0.4, -0.2) is 24.3 Å². The van der Waals surface area contributed by atoms with Gasteiger partial charge in [0.15, 0.2) is 0 Å². The van der Waals surface area contributed by atoms with Crippen LogP contribution < -0.4 is 0 Å². The van der Waals surface area contributed by atoms with Gasteiger partial charge in [-0.25, -0.2) is 9.18 Å². The molecule has 0 bridgehead atoms. The van der Waals surface area contributed by atoms with Crippen LogP contribution in [-0.2, 0) is 4.79 Å². The number of carboxylic acids is 1. The van der Waals surface area contributed by atoms with Crippen molar-refractivity contribution >= 4 is 12.2 Å². The van der Waals surface area contributed by atoms with Crippen LogP contribution in [0.1, 0.15) is 27.2 Å². The molecule has 0 aliphatic heterocycles. The number of hydrogen-bond donors (Lipinski definition) is 1. The van der Waals surface area contributed by atoms with Gasteiger partial charge in [0.05, 0.1) is 5.57 Å². The molecule has 0 saturated carbocycles. The highest BCUT2D eigenvalue weighted by molar-refractivity contribution is 5.92. The van der Waals surface area contributed by atoms with Crippen molar-refractivity contribution in [3.63, 3.8) is 0 Å². The Morgan fingerprint density at radius 3 is 2.65 bits per heavy atom. The summed E-state index contributed by atoms with van der Waals surface area (Å²) < 4.78 is 13.8. The lowest BCUT2D eigenvalue weighted by Gasteiger charge is -2.31. The highest BCUT2D eigenvalue weighted by Gasteiger charge is 2.33. The summed E-state index contributed by atoms with van der Waals surface area (Å²) in [5, 5.41) is 8.91. The molecule has 1 aliphatic carbocycles. The molecule has 1 N–H and O–H groups in total. The average molecular weight is 239 g/mol. The van der Waals surface area contributed by atoms with Gasteiger partial charge >= 0.3 is 5.97 Å². The zero-order valence-corrected chi connectivity index (χ0v) is 10.6. The molecule has 1 aliphatic rings. The molecule has 1 atom stereocenters. The van der Waals surface area contributed by atoms with Crippen molar-refractivity contribution in [2.75, 3.05) is 7.05 Å². The summed E-state index contributed by atoms with van der Waals surface area (Å²) in [5.41, 5.74) is 0.0199. The predicted octanol–water partition coefficient (Wildman–Crippen LogP) is 2.99. The van der Waals surface area contributed by atoms with E-state index in [1.54, 1.807) is 20.2 Å². The van der Waals surface area contributed by atoms with Gasteiger partial charge in [-0.2, -0.15) is 0 Å². The van der Waals surface area contributed by atoms with E-state index in [-0.39, 0.29) is 23.3 Å². The number of rotatable bonds is 3. The van der Waals surface area contributed by atoms with Crippen LogP contribution in [0.4, 0.5) is 4.39 Å². The summed E-state index contributed by atoms with van der Waals surface area (Å²) in [5.74, 6) is -1.80. The molecule has 0 aromatic rings. The molecule has 0 heterocycles. The summed E-state index contributed by atoms with van der Waals surface area (Å²) >= 11 is 0. The molecule has 0 spiro atoms. The van der Waals surface area contributed by atoms with Crippen molar-refractivity contribution in [2.45, 2.75) is 27.2 Å². The lowest BCUT2D eigenvalue weighted by Crippen LogP contribution is -2.27. The lowest BCUT2D eigenvalue weighted by atomic mass is 9.74. The number of hydrogen-bond acceptors (Lipinski definition) is 2. The number of carboxylic acid groups (broad SMARTS) is 1. The van der Waals surface area contributed by atoms with Gasteiger partial charge in [0, 0.05) is 25.1 Å². The number of aliphatic carboxylic acids is 1. The third-order valence-corrected chi connectivity index (χ3v) is 3.15. The van der Waals surface area contributed by atoms with Gasteiger partial charge in [-0.05, 0) is 18.4 Å². The topological polar surface area (TPSA) is 49.7 Å². The summed E-state index contributed by atoms with van der Waals surface area (Å²) in [7, 11) is 1.68. The van der Waals surface area contributed by atoms with E-state index in [9.17, 15) is 9.18 Å². The van der Waals surface area contributed by atoms with Crippen molar-refractivity contribution in [3.05, 3.63) is 23.0 Å². The molecule has 3 nitrogen and oxygen atoms in total. The van der Waals surface area contributed by atoms with E-state index >= 15 is 0 Å². The molecule has 0 saturated heterocycles. The Hall–Kier alpha value is -1.45. The Labute approximate surface area is 101 Å². The molecule has 0 aromatic carbocycles.